The fourth-order valence-corrected chi connectivity index (χ4v) is 2.92. The summed E-state index contributed by atoms with van der Waals surface area (Å²) in [5.41, 5.74) is 9.44. The van der Waals surface area contributed by atoms with Crippen LogP contribution in [0.4, 0.5) is 4.39 Å². The van der Waals surface area contributed by atoms with E-state index in [1.165, 1.54) is 7.11 Å². The number of hydrogen-bond acceptors (Lipinski definition) is 2. The highest BCUT2D eigenvalue weighted by atomic mass is 19.1. The van der Waals surface area contributed by atoms with E-state index in [9.17, 15) is 4.39 Å². The van der Waals surface area contributed by atoms with Crippen molar-refractivity contribution < 1.29 is 9.13 Å². The molecule has 0 aromatic heterocycles. The van der Waals surface area contributed by atoms with E-state index >= 15 is 0 Å². The monoisotopic (exact) mass is 257 g/mol. The fourth-order valence-electron chi connectivity index (χ4n) is 2.92. The molecule has 1 aliphatic carbocycles. The summed E-state index contributed by atoms with van der Waals surface area (Å²) in [6.07, 6.45) is 0.755. The van der Waals surface area contributed by atoms with Crippen LogP contribution in [0.2, 0.25) is 0 Å². The average Bonchev–Trinajstić information content (AvgIpc) is 2.74. The third-order valence-electron chi connectivity index (χ3n) is 3.79. The fraction of sp³-hybridized carbons (Fsp3) is 0.250. The molecule has 0 saturated carbocycles. The van der Waals surface area contributed by atoms with Crippen LogP contribution in [0, 0.1) is 5.82 Å². The Morgan fingerprint density at radius 3 is 2.63 bits per heavy atom. The van der Waals surface area contributed by atoms with Gasteiger partial charge in [0.25, 0.3) is 0 Å². The van der Waals surface area contributed by atoms with Crippen LogP contribution < -0.4 is 10.5 Å². The first kappa shape index (κ1) is 12.2. The quantitative estimate of drug-likeness (QED) is 0.898. The van der Waals surface area contributed by atoms with Gasteiger partial charge in [0.2, 0.25) is 0 Å². The third-order valence-corrected chi connectivity index (χ3v) is 3.79. The van der Waals surface area contributed by atoms with E-state index in [0.717, 1.165) is 23.1 Å². The highest BCUT2D eigenvalue weighted by Crippen LogP contribution is 2.39. The summed E-state index contributed by atoms with van der Waals surface area (Å²) >= 11 is 0. The number of nitrogens with two attached hydrogens (primary N) is 1. The minimum atomic E-state index is -0.323. The van der Waals surface area contributed by atoms with Gasteiger partial charge >= 0.3 is 0 Å². The number of ether oxygens (including phenoxy) is 1. The van der Waals surface area contributed by atoms with Gasteiger partial charge in [0.1, 0.15) is 0 Å². The maximum Gasteiger partial charge on any atom is 0.165 e. The van der Waals surface area contributed by atoms with Crippen molar-refractivity contribution in [3.05, 3.63) is 65.0 Å². The van der Waals surface area contributed by atoms with Crippen molar-refractivity contribution in [1.29, 1.82) is 0 Å². The summed E-state index contributed by atoms with van der Waals surface area (Å²) in [6.45, 7) is 0. The summed E-state index contributed by atoms with van der Waals surface area (Å²) in [4.78, 5) is 0. The Morgan fingerprint density at radius 2 is 1.95 bits per heavy atom. The van der Waals surface area contributed by atoms with Crippen LogP contribution >= 0.6 is 0 Å². The largest absolute Gasteiger partial charge is 0.494 e. The van der Waals surface area contributed by atoms with Crippen molar-refractivity contribution >= 4 is 0 Å². The predicted molar refractivity (Wildman–Crippen MR) is 72.9 cm³/mol. The number of benzene rings is 2. The van der Waals surface area contributed by atoms with E-state index in [1.54, 1.807) is 12.1 Å². The van der Waals surface area contributed by atoms with Gasteiger partial charge in [-0.15, -0.1) is 0 Å². The minimum Gasteiger partial charge on any atom is -0.494 e. The molecule has 2 nitrogen and oxygen atoms in total. The molecule has 2 aromatic carbocycles. The first-order valence-electron chi connectivity index (χ1n) is 6.37. The number of halogens is 1. The molecule has 0 amide bonds. The summed E-state index contributed by atoms with van der Waals surface area (Å²) in [6, 6.07) is 13.4. The molecule has 0 fully saturated rings. The van der Waals surface area contributed by atoms with Crippen LogP contribution in [0.1, 0.15) is 22.6 Å². The standard InChI is InChI=1S/C16H16FNO/c1-19-15-8-11-7-14(18)16(12(11)9-13(15)17)10-5-3-2-4-6-10/h2-6,8-9,14,16H,7,18H2,1H3/t14-,16-/m1/s1. The lowest BCUT2D eigenvalue weighted by Crippen LogP contribution is -2.25. The summed E-state index contributed by atoms with van der Waals surface area (Å²) in [5.74, 6) is 0.0348. The molecule has 0 aliphatic heterocycles. The second kappa shape index (κ2) is 4.67. The van der Waals surface area contributed by atoms with Gasteiger partial charge in [-0.3, -0.25) is 0 Å². The van der Waals surface area contributed by atoms with Crippen LogP contribution in [0.15, 0.2) is 42.5 Å². The van der Waals surface area contributed by atoms with Gasteiger partial charge in [-0.25, -0.2) is 4.39 Å². The summed E-state index contributed by atoms with van der Waals surface area (Å²) in [5, 5.41) is 0. The van der Waals surface area contributed by atoms with Crippen LogP contribution in [0.25, 0.3) is 0 Å². The topological polar surface area (TPSA) is 35.2 Å². The van der Waals surface area contributed by atoms with Crippen LogP contribution in [-0.2, 0) is 6.42 Å². The zero-order valence-electron chi connectivity index (χ0n) is 10.8. The Kier molecular flexibility index (Phi) is 2.99. The van der Waals surface area contributed by atoms with Gasteiger partial charge in [-0.2, -0.15) is 0 Å². The lowest BCUT2D eigenvalue weighted by Gasteiger charge is -2.17. The first-order chi connectivity index (χ1) is 9.20. The van der Waals surface area contributed by atoms with E-state index < -0.39 is 0 Å². The predicted octanol–water partition coefficient (Wildman–Crippen LogP) is 2.85. The highest BCUT2D eigenvalue weighted by molar-refractivity contribution is 5.48. The molecule has 0 heterocycles. The molecular weight excluding hydrogens is 241 g/mol. The van der Waals surface area contributed by atoms with Gasteiger partial charge in [0, 0.05) is 12.0 Å². The molecule has 0 radical (unpaired) electrons. The molecule has 3 rings (SSSR count). The number of rotatable bonds is 2. The third kappa shape index (κ3) is 2.00. The normalized spacial score (nSPS) is 21.2. The molecule has 2 N–H and O–H groups in total. The molecule has 2 atom stereocenters. The van der Waals surface area contributed by atoms with Gasteiger partial charge in [-0.05, 0) is 35.2 Å². The molecule has 0 bridgehead atoms. The van der Waals surface area contributed by atoms with E-state index in [1.807, 2.05) is 30.3 Å². The maximum absolute atomic E-state index is 13.9. The molecule has 2 aromatic rings. The zero-order valence-corrected chi connectivity index (χ0v) is 10.8. The molecule has 0 spiro atoms. The van der Waals surface area contributed by atoms with Crippen LogP contribution in [-0.4, -0.2) is 13.2 Å². The Bertz CT molecular complexity index is 597. The zero-order chi connectivity index (χ0) is 13.4. The summed E-state index contributed by atoms with van der Waals surface area (Å²) < 4.78 is 18.9. The lowest BCUT2D eigenvalue weighted by molar-refractivity contribution is 0.386. The molecule has 0 unspecified atom stereocenters. The second-order valence-electron chi connectivity index (χ2n) is 4.94. The molecule has 19 heavy (non-hydrogen) atoms. The minimum absolute atomic E-state index is 0.0103. The van der Waals surface area contributed by atoms with E-state index in [2.05, 4.69) is 0 Å². The van der Waals surface area contributed by atoms with Gasteiger partial charge < -0.3 is 10.5 Å². The maximum atomic E-state index is 13.9. The van der Waals surface area contributed by atoms with Gasteiger partial charge in [-0.1, -0.05) is 30.3 Å². The molecular formula is C16H16FNO. The Hall–Kier alpha value is -1.87. The van der Waals surface area contributed by atoms with E-state index in [0.29, 0.717) is 5.75 Å². The molecule has 98 valence electrons. The van der Waals surface area contributed by atoms with E-state index in [4.69, 9.17) is 10.5 Å². The Labute approximate surface area is 112 Å². The van der Waals surface area contributed by atoms with Gasteiger partial charge in [0.05, 0.1) is 7.11 Å². The lowest BCUT2D eigenvalue weighted by atomic mass is 9.90. The van der Waals surface area contributed by atoms with Crippen molar-refractivity contribution in [2.24, 2.45) is 5.73 Å². The number of hydrogen-bond donors (Lipinski definition) is 1. The van der Waals surface area contributed by atoms with Crippen molar-refractivity contribution in [2.75, 3.05) is 7.11 Å². The number of fused-ring (bicyclic) bond motifs is 1. The SMILES string of the molecule is COc1cc2c(cc1F)[C@@H](c1ccccc1)[C@H](N)C2. The second-order valence-corrected chi connectivity index (χ2v) is 4.94. The smallest absolute Gasteiger partial charge is 0.165 e. The average molecular weight is 257 g/mol. The van der Waals surface area contributed by atoms with Crippen molar-refractivity contribution in [1.82, 2.24) is 0 Å². The van der Waals surface area contributed by atoms with Crippen molar-refractivity contribution in [3.63, 3.8) is 0 Å². The van der Waals surface area contributed by atoms with Crippen LogP contribution in [0.5, 0.6) is 5.75 Å². The van der Waals surface area contributed by atoms with Crippen LogP contribution in [0.3, 0.4) is 0 Å². The summed E-state index contributed by atoms with van der Waals surface area (Å²) in [7, 11) is 1.48. The molecule has 0 saturated heterocycles. The molecule has 1 aliphatic rings. The Morgan fingerprint density at radius 1 is 1.21 bits per heavy atom. The van der Waals surface area contributed by atoms with Crippen molar-refractivity contribution in [2.45, 2.75) is 18.4 Å². The Balaban J connectivity index is 2.10. The molecule has 3 heteroatoms. The first-order valence-corrected chi connectivity index (χ1v) is 6.37. The van der Waals surface area contributed by atoms with E-state index in [-0.39, 0.29) is 17.8 Å². The van der Waals surface area contributed by atoms with Crippen molar-refractivity contribution in [3.8, 4) is 5.75 Å². The number of methoxy groups -OCH3 is 1. The van der Waals surface area contributed by atoms with Gasteiger partial charge in [0.15, 0.2) is 11.6 Å². The highest BCUT2D eigenvalue weighted by Gasteiger charge is 2.32.